The fourth-order valence-corrected chi connectivity index (χ4v) is 3.33. The Morgan fingerprint density at radius 1 is 1.22 bits per heavy atom. The van der Waals surface area contributed by atoms with Crippen LogP contribution in [0.25, 0.3) is 0 Å². The lowest BCUT2D eigenvalue weighted by Crippen LogP contribution is -2.37. The summed E-state index contributed by atoms with van der Waals surface area (Å²) < 4.78 is 0. The van der Waals surface area contributed by atoms with Gasteiger partial charge in [0.25, 0.3) is 0 Å². The van der Waals surface area contributed by atoms with Gasteiger partial charge in [0.2, 0.25) is 0 Å². The molecule has 0 aromatic heterocycles. The van der Waals surface area contributed by atoms with E-state index < -0.39 is 0 Å². The lowest BCUT2D eigenvalue weighted by Gasteiger charge is -2.26. The molecule has 3 heteroatoms. The Morgan fingerprint density at radius 2 is 2.00 bits per heavy atom. The highest BCUT2D eigenvalue weighted by Crippen LogP contribution is 2.24. The molecule has 2 aromatic rings. The molecule has 1 heterocycles. The maximum absolute atomic E-state index is 12.9. The van der Waals surface area contributed by atoms with Crippen LogP contribution in [-0.4, -0.2) is 30.3 Å². The molecule has 1 N–H and O–H groups in total. The minimum atomic E-state index is -0.0809. The lowest BCUT2D eigenvalue weighted by molar-refractivity contribution is 0.0838. The third-order valence-electron chi connectivity index (χ3n) is 4.60. The van der Waals surface area contributed by atoms with Crippen LogP contribution in [0.5, 0.6) is 0 Å². The zero-order chi connectivity index (χ0) is 16.2. The Hall–Kier alpha value is -2.13. The number of hydrogen-bond acceptors (Lipinski definition) is 3. The van der Waals surface area contributed by atoms with E-state index in [4.69, 9.17) is 0 Å². The van der Waals surface area contributed by atoms with Gasteiger partial charge in [0.05, 0.1) is 6.04 Å². The first-order valence-corrected chi connectivity index (χ1v) is 8.34. The molecular weight excluding hydrogens is 284 g/mol. The van der Waals surface area contributed by atoms with E-state index in [1.54, 1.807) is 0 Å². The van der Waals surface area contributed by atoms with Crippen LogP contribution in [0.2, 0.25) is 0 Å². The summed E-state index contributed by atoms with van der Waals surface area (Å²) in [4.78, 5) is 15.1. The third kappa shape index (κ3) is 3.45. The van der Waals surface area contributed by atoms with Crippen LogP contribution in [-0.2, 0) is 13.0 Å². The highest BCUT2D eigenvalue weighted by molar-refractivity contribution is 6.00. The Bertz CT molecular complexity index is 681. The molecule has 0 radical (unpaired) electrons. The molecule has 0 spiro atoms. The molecule has 0 fully saturated rings. The van der Waals surface area contributed by atoms with Crippen LogP contribution in [0.15, 0.2) is 48.5 Å². The van der Waals surface area contributed by atoms with Crippen LogP contribution in [0.1, 0.15) is 34.8 Å². The summed E-state index contributed by atoms with van der Waals surface area (Å²) in [5, 5.41) is 3.34. The number of fused-ring (bicyclic) bond motifs is 1. The van der Waals surface area contributed by atoms with Crippen LogP contribution in [0.4, 0.5) is 5.69 Å². The quantitative estimate of drug-likeness (QED) is 0.825. The minimum absolute atomic E-state index is 0.0809. The zero-order valence-corrected chi connectivity index (χ0v) is 13.9. The van der Waals surface area contributed by atoms with E-state index in [2.05, 4.69) is 35.3 Å². The molecule has 1 atom stereocenters. The Kier molecular flexibility index (Phi) is 4.77. The molecule has 120 valence electrons. The SMILES string of the molecule is CCC(C(=O)c1ccc2c(c1)CCN2)N(C)Cc1ccccc1. The second-order valence-corrected chi connectivity index (χ2v) is 6.24. The van der Waals surface area contributed by atoms with E-state index in [-0.39, 0.29) is 11.8 Å². The zero-order valence-electron chi connectivity index (χ0n) is 13.9. The van der Waals surface area contributed by atoms with Crippen molar-refractivity contribution in [1.82, 2.24) is 4.90 Å². The molecule has 3 rings (SSSR count). The number of likely N-dealkylation sites (N-methyl/N-ethyl adjacent to an activating group) is 1. The number of anilines is 1. The van der Waals surface area contributed by atoms with E-state index in [1.165, 1.54) is 16.8 Å². The van der Waals surface area contributed by atoms with Gasteiger partial charge in [0.15, 0.2) is 5.78 Å². The first-order chi connectivity index (χ1) is 11.2. The van der Waals surface area contributed by atoms with Crippen LogP contribution < -0.4 is 5.32 Å². The standard InChI is InChI=1S/C20H24N2O/c1-3-19(22(2)14-15-7-5-4-6-8-15)20(23)17-9-10-18-16(13-17)11-12-21-18/h4-10,13,19,21H,3,11-12,14H2,1-2H3. The Morgan fingerprint density at radius 3 is 2.74 bits per heavy atom. The van der Waals surface area contributed by atoms with Crippen molar-refractivity contribution in [3.05, 3.63) is 65.2 Å². The van der Waals surface area contributed by atoms with Crippen LogP contribution in [0.3, 0.4) is 0 Å². The second-order valence-electron chi connectivity index (χ2n) is 6.24. The van der Waals surface area contributed by atoms with E-state index in [1.807, 2.05) is 37.4 Å². The Balaban J connectivity index is 1.75. The fourth-order valence-electron chi connectivity index (χ4n) is 3.33. The molecule has 1 unspecified atom stereocenters. The summed E-state index contributed by atoms with van der Waals surface area (Å²) in [6.45, 7) is 3.84. The number of carbonyl (C=O) groups is 1. The minimum Gasteiger partial charge on any atom is -0.384 e. The van der Waals surface area contributed by atoms with E-state index in [9.17, 15) is 4.79 Å². The molecule has 0 aliphatic carbocycles. The van der Waals surface area contributed by atoms with Crippen molar-refractivity contribution in [3.8, 4) is 0 Å². The molecule has 2 aromatic carbocycles. The van der Waals surface area contributed by atoms with Crippen molar-refractivity contribution in [2.24, 2.45) is 0 Å². The van der Waals surface area contributed by atoms with Crippen molar-refractivity contribution < 1.29 is 4.79 Å². The summed E-state index contributed by atoms with van der Waals surface area (Å²) >= 11 is 0. The number of ketones is 1. The van der Waals surface area contributed by atoms with Gasteiger partial charge in [-0.1, -0.05) is 37.3 Å². The van der Waals surface area contributed by atoms with Crippen LogP contribution in [0, 0.1) is 0 Å². The number of benzene rings is 2. The van der Waals surface area contributed by atoms with Gasteiger partial charge in [0, 0.05) is 24.3 Å². The number of carbonyl (C=O) groups excluding carboxylic acids is 1. The van der Waals surface area contributed by atoms with Gasteiger partial charge in [-0.15, -0.1) is 0 Å². The molecule has 3 nitrogen and oxygen atoms in total. The summed E-state index contributed by atoms with van der Waals surface area (Å²) in [7, 11) is 2.04. The van der Waals surface area contributed by atoms with Gasteiger partial charge in [-0.05, 0) is 49.2 Å². The van der Waals surface area contributed by atoms with Crippen molar-refractivity contribution in [2.75, 3.05) is 18.9 Å². The monoisotopic (exact) mass is 308 g/mol. The predicted molar refractivity (Wildman–Crippen MR) is 95.0 cm³/mol. The molecule has 0 amide bonds. The van der Waals surface area contributed by atoms with Crippen molar-refractivity contribution >= 4 is 11.5 Å². The van der Waals surface area contributed by atoms with Gasteiger partial charge in [-0.2, -0.15) is 0 Å². The van der Waals surface area contributed by atoms with Gasteiger partial charge in [-0.3, -0.25) is 9.69 Å². The lowest BCUT2D eigenvalue weighted by atomic mass is 9.98. The average Bonchev–Trinajstić information content (AvgIpc) is 3.04. The second kappa shape index (κ2) is 6.97. The van der Waals surface area contributed by atoms with Gasteiger partial charge >= 0.3 is 0 Å². The summed E-state index contributed by atoms with van der Waals surface area (Å²) in [6.07, 6.45) is 1.82. The maximum atomic E-state index is 12.9. The first kappa shape index (κ1) is 15.8. The highest BCUT2D eigenvalue weighted by atomic mass is 16.1. The maximum Gasteiger partial charge on any atom is 0.179 e. The number of rotatable bonds is 6. The topological polar surface area (TPSA) is 32.3 Å². The number of hydrogen-bond donors (Lipinski definition) is 1. The van der Waals surface area contributed by atoms with Gasteiger partial charge in [-0.25, -0.2) is 0 Å². The summed E-state index contributed by atoms with van der Waals surface area (Å²) in [5.74, 6) is 0.223. The molecular formula is C20H24N2O. The largest absolute Gasteiger partial charge is 0.384 e. The van der Waals surface area contributed by atoms with E-state index >= 15 is 0 Å². The highest BCUT2D eigenvalue weighted by Gasteiger charge is 2.24. The summed E-state index contributed by atoms with van der Waals surface area (Å²) in [5.41, 5.74) is 4.50. The molecule has 0 saturated heterocycles. The molecule has 1 aliphatic rings. The molecule has 0 saturated carbocycles. The number of nitrogens with zero attached hydrogens (tertiary/aromatic N) is 1. The summed E-state index contributed by atoms with van der Waals surface area (Å²) in [6, 6.07) is 16.3. The molecule has 0 bridgehead atoms. The van der Waals surface area contributed by atoms with Crippen molar-refractivity contribution in [2.45, 2.75) is 32.4 Å². The first-order valence-electron chi connectivity index (χ1n) is 8.34. The normalized spacial score (nSPS) is 14.4. The van der Waals surface area contributed by atoms with Gasteiger partial charge < -0.3 is 5.32 Å². The van der Waals surface area contributed by atoms with E-state index in [0.717, 1.165) is 31.5 Å². The van der Waals surface area contributed by atoms with Crippen molar-refractivity contribution in [3.63, 3.8) is 0 Å². The third-order valence-corrected chi connectivity index (χ3v) is 4.60. The Labute approximate surface area is 138 Å². The van der Waals surface area contributed by atoms with Crippen molar-refractivity contribution in [1.29, 1.82) is 0 Å². The predicted octanol–water partition coefficient (Wildman–Crippen LogP) is 3.75. The smallest absolute Gasteiger partial charge is 0.179 e. The average molecular weight is 308 g/mol. The fraction of sp³-hybridized carbons (Fsp3) is 0.350. The van der Waals surface area contributed by atoms with E-state index in [0.29, 0.717) is 0 Å². The number of Topliss-reactive ketones (excluding diaryl/α,β-unsaturated/α-hetero) is 1. The number of nitrogens with one attached hydrogen (secondary N) is 1. The van der Waals surface area contributed by atoms with Gasteiger partial charge in [0.1, 0.15) is 0 Å². The molecule has 23 heavy (non-hydrogen) atoms. The molecule has 1 aliphatic heterocycles. The van der Waals surface area contributed by atoms with Crippen LogP contribution >= 0.6 is 0 Å².